The van der Waals surface area contributed by atoms with Crippen molar-refractivity contribution in [1.82, 2.24) is 19.7 Å². The molecule has 0 N–H and O–H groups in total. The molecule has 0 unspecified atom stereocenters. The van der Waals surface area contributed by atoms with Gasteiger partial charge in [-0.05, 0) is 38.7 Å². The summed E-state index contributed by atoms with van der Waals surface area (Å²) in [4.78, 5) is 17.2. The van der Waals surface area contributed by atoms with Gasteiger partial charge in [0.2, 0.25) is 0 Å². The molecule has 8 nitrogen and oxygen atoms in total. The maximum absolute atomic E-state index is 11.0. The monoisotopic (exact) mass is 328 g/mol. The van der Waals surface area contributed by atoms with Crippen molar-refractivity contribution < 1.29 is 4.92 Å². The average Bonchev–Trinajstić information content (AvgIpc) is 3.31. The molecule has 1 aliphatic carbocycles. The van der Waals surface area contributed by atoms with Crippen molar-refractivity contribution in [2.45, 2.75) is 44.6 Å². The molecule has 0 radical (unpaired) electrons. The second kappa shape index (κ2) is 5.85. The van der Waals surface area contributed by atoms with Gasteiger partial charge in [-0.25, -0.2) is 4.98 Å². The van der Waals surface area contributed by atoms with Gasteiger partial charge in [0.05, 0.1) is 4.92 Å². The van der Waals surface area contributed by atoms with Crippen molar-refractivity contribution in [3.05, 3.63) is 40.1 Å². The van der Waals surface area contributed by atoms with Crippen LogP contribution in [0.25, 0.3) is 0 Å². The van der Waals surface area contributed by atoms with Crippen LogP contribution in [0, 0.1) is 17.0 Å². The van der Waals surface area contributed by atoms with Gasteiger partial charge in [-0.1, -0.05) is 0 Å². The molecule has 1 saturated heterocycles. The molecule has 2 aliphatic rings. The molecule has 1 aliphatic heterocycles. The van der Waals surface area contributed by atoms with E-state index in [0.29, 0.717) is 17.7 Å². The number of nitrogens with zero attached hydrogens (tertiary/aromatic N) is 6. The minimum absolute atomic E-state index is 0.0702. The first-order chi connectivity index (χ1) is 11.6. The molecule has 0 spiro atoms. The summed E-state index contributed by atoms with van der Waals surface area (Å²) in [5.74, 6) is 2.21. The molecule has 2 fully saturated rings. The van der Waals surface area contributed by atoms with Crippen LogP contribution in [-0.2, 0) is 0 Å². The topological polar surface area (TPSA) is 90.0 Å². The molecule has 1 saturated carbocycles. The van der Waals surface area contributed by atoms with E-state index in [1.54, 1.807) is 19.1 Å². The fourth-order valence-corrected chi connectivity index (χ4v) is 3.48. The fourth-order valence-electron chi connectivity index (χ4n) is 3.48. The molecule has 1 atom stereocenters. The number of hydrogen-bond donors (Lipinski definition) is 0. The molecule has 0 bridgehead atoms. The van der Waals surface area contributed by atoms with Crippen LogP contribution in [0.2, 0.25) is 0 Å². The first kappa shape index (κ1) is 15.0. The third-order valence-corrected chi connectivity index (χ3v) is 4.89. The van der Waals surface area contributed by atoms with Crippen LogP contribution in [0.15, 0.2) is 18.5 Å². The van der Waals surface area contributed by atoms with Gasteiger partial charge < -0.3 is 9.47 Å². The van der Waals surface area contributed by atoms with Crippen molar-refractivity contribution in [3.63, 3.8) is 0 Å². The first-order valence-corrected chi connectivity index (χ1v) is 8.40. The predicted octanol–water partition coefficient (Wildman–Crippen LogP) is 2.61. The molecular weight excluding hydrogens is 308 g/mol. The first-order valence-electron chi connectivity index (χ1n) is 8.40. The van der Waals surface area contributed by atoms with Gasteiger partial charge in [-0.15, -0.1) is 10.2 Å². The predicted molar refractivity (Wildman–Crippen MR) is 88.1 cm³/mol. The van der Waals surface area contributed by atoms with E-state index in [9.17, 15) is 10.1 Å². The second-order valence-corrected chi connectivity index (χ2v) is 6.64. The average molecular weight is 328 g/mol. The Morgan fingerprint density at radius 2 is 2.12 bits per heavy atom. The van der Waals surface area contributed by atoms with Crippen molar-refractivity contribution in [3.8, 4) is 0 Å². The van der Waals surface area contributed by atoms with E-state index in [0.717, 1.165) is 37.6 Å². The van der Waals surface area contributed by atoms with Crippen LogP contribution in [0.3, 0.4) is 0 Å². The normalized spacial score (nSPS) is 21.0. The zero-order chi connectivity index (χ0) is 16.7. The maximum atomic E-state index is 11.0. The molecular formula is C16H20N6O2. The molecule has 24 heavy (non-hydrogen) atoms. The highest BCUT2D eigenvalue weighted by Gasteiger charge is 2.31. The summed E-state index contributed by atoms with van der Waals surface area (Å²) in [6.45, 7) is 3.43. The molecule has 0 aromatic carbocycles. The standard InChI is InChI=1S/C16H20N6O2/c1-11-14(22(23)24)6-7-15(18-11)20-8-2-3-12(9-20)16-19-17-10-21(16)13-4-5-13/h6-7,10,12-13H,2-5,8-9H2,1H3/t12-/m1/s1. The highest BCUT2D eigenvalue weighted by Crippen LogP contribution is 2.38. The van der Waals surface area contributed by atoms with E-state index in [2.05, 4.69) is 24.6 Å². The Morgan fingerprint density at radius 1 is 1.29 bits per heavy atom. The highest BCUT2D eigenvalue weighted by molar-refractivity contribution is 5.47. The van der Waals surface area contributed by atoms with Crippen LogP contribution >= 0.6 is 0 Å². The Morgan fingerprint density at radius 3 is 2.83 bits per heavy atom. The smallest absolute Gasteiger partial charge is 0.290 e. The van der Waals surface area contributed by atoms with E-state index in [1.807, 2.05) is 6.33 Å². The third-order valence-electron chi connectivity index (χ3n) is 4.89. The second-order valence-electron chi connectivity index (χ2n) is 6.64. The number of aromatic nitrogens is 4. The van der Waals surface area contributed by atoms with Gasteiger partial charge in [0.1, 0.15) is 23.7 Å². The SMILES string of the molecule is Cc1nc(N2CCC[C@@H](c3nncn3C3CC3)C2)ccc1[N+](=O)[O-]. The lowest BCUT2D eigenvalue weighted by molar-refractivity contribution is -0.385. The van der Waals surface area contributed by atoms with E-state index in [-0.39, 0.29) is 10.6 Å². The summed E-state index contributed by atoms with van der Waals surface area (Å²) in [5, 5.41) is 19.4. The Labute approximate surface area is 139 Å². The minimum atomic E-state index is -0.386. The van der Waals surface area contributed by atoms with E-state index in [1.165, 1.54) is 12.8 Å². The van der Waals surface area contributed by atoms with Crippen LogP contribution in [0.1, 0.15) is 49.2 Å². The lowest BCUT2D eigenvalue weighted by Crippen LogP contribution is -2.36. The highest BCUT2D eigenvalue weighted by atomic mass is 16.6. The summed E-state index contributed by atoms with van der Waals surface area (Å²) in [5.41, 5.74) is 0.529. The Bertz CT molecular complexity index is 770. The van der Waals surface area contributed by atoms with Crippen molar-refractivity contribution in [1.29, 1.82) is 0 Å². The zero-order valence-electron chi connectivity index (χ0n) is 13.6. The van der Waals surface area contributed by atoms with Crippen molar-refractivity contribution in [2.75, 3.05) is 18.0 Å². The number of rotatable bonds is 4. The van der Waals surface area contributed by atoms with Gasteiger partial charge in [0, 0.05) is 31.1 Å². The quantitative estimate of drug-likeness (QED) is 0.633. The Balaban J connectivity index is 1.55. The number of pyridine rings is 1. The summed E-state index contributed by atoms with van der Waals surface area (Å²) in [6.07, 6.45) is 6.42. The maximum Gasteiger partial charge on any atom is 0.290 e. The molecule has 0 amide bonds. The summed E-state index contributed by atoms with van der Waals surface area (Å²) in [7, 11) is 0. The molecule has 126 valence electrons. The zero-order valence-corrected chi connectivity index (χ0v) is 13.6. The molecule has 2 aromatic rings. The van der Waals surface area contributed by atoms with Crippen molar-refractivity contribution in [2.24, 2.45) is 0 Å². The van der Waals surface area contributed by atoms with Crippen LogP contribution in [0.4, 0.5) is 11.5 Å². The van der Waals surface area contributed by atoms with E-state index < -0.39 is 0 Å². The van der Waals surface area contributed by atoms with Crippen molar-refractivity contribution >= 4 is 11.5 Å². The molecule has 2 aromatic heterocycles. The molecule has 3 heterocycles. The van der Waals surface area contributed by atoms with Gasteiger partial charge in [-0.2, -0.15) is 0 Å². The van der Waals surface area contributed by atoms with Gasteiger partial charge >= 0.3 is 0 Å². The van der Waals surface area contributed by atoms with E-state index in [4.69, 9.17) is 0 Å². The Kier molecular flexibility index (Phi) is 3.66. The van der Waals surface area contributed by atoms with Crippen LogP contribution in [0.5, 0.6) is 0 Å². The van der Waals surface area contributed by atoms with Gasteiger partial charge in [-0.3, -0.25) is 10.1 Å². The number of aryl methyl sites for hydroxylation is 1. The van der Waals surface area contributed by atoms with Crippen LogP contribution < -0.4 is 4.90 Å². The lowest BCUT2D eigenvalue weighted by Gasteiger charge is -2.33. The van der Waals surface area contributed by atoms with Gasteiger partial charge in [0.25, 0.3) is 5.69 Å². The number of nitro groups is 1. The Hall–Kier alpha value is -2.51. The largest absolute Gasteiger partial charge is 0.356 e. The van der Waals surface area contributed by atoms with Crippen LogP contribution in [-0.4, -0.2) is 37.8 Å². The lowest BCUT2D eigenvalue weighted by atomic mass is 9.97. The summed E-state index contributed by atoms with van der Waals surface area (Å²) < 4.78 is 2.22. The minimum Gasteiger partial charge on any atom is -0.356 e. The summed E-state index contributed by atoms with van der Waals surface area (Å²) in [6, 6.07) is 3.87. The molecule has 8 heteroatoms. The van der Waals surface area contributed by atoms with E-state index >= 15 is 0 Å². The molecule has 4 rings (SSSR count). The number of hydrogen-bond acceptors (Lipinski definition) is 6. The summed E-state index contributed by atoms with van der Waals surface area (Å²) >= 11 is 0. The number of anilines is 1. The third kappa shape index (κ3) is 2.72. The number of piperidine rings is 1. The fraction of sp³-hybridized carbons (Fsp3) is 0.562. The van der Waals surface area contributed by atoms with Gasteiger partial charge in [0.15, 0.2) is 0 Å².